The zero-order chi connectivity index (χ0) is 32.7. The van der Waals surface area contributed by atoms with Crippen molar-refractivity contribution in [3.63, 3.8) is 0 Å². The first kappa shape index (κ1) is 44.9. The van der Waals surface area contributed by atoms with Gasteiger partial charge in [-0.05, 0) is 38.5 Å². The zero-order valence-electron chi connectivity index (χ0n) is 31.3. The lowest BCUT2D eigenvalue weighted by Crippen LogP contribution is -2.23. The van der Waals surface area contributed by atoms with Crippen LogP contribution in [0.5, 0.6) is 0 Å². The van der Waals surface area contributed by atoms with Gasteiger partial charge in [0, 0.05) is 13.2 Å². The monoisotopic (exact) mass is 639 g/mol. The summed E-state index contributed by atoms with van der Waals surface area (Å²) in [4.78, 5) is 0. The Morgan fingerprint density at radius 1 is 0.289 bits per heavy atom. The Bertz CT molecular complexity index is 466. The molecular formula is C42H86O3. The second-order valence-electron chi connectivity index (χ2n) is 14.6. The number of unbranched alkanes of at least 4 members (excludes halogenated alkanes) is 28. The minimum atomic E-state index is 0.263. The first-order valence-electron chi connectivity index (χ1n) is 21.2. The fraction of sp³-hybridized carbons (Fsp3) is 1.00. The van der Waals surface area contributed by atoms with E-state index in [0.717, 1.165) is 38.5 Å². The largest absolute Gasteiger partial charge is 0.396 e. The normalized spacial score (nSPS) is 13.1. The van der Waals surface area contributed by atoms with E-state index in [9.17, 15) is 10.2 Å². The molecule has 0 saturated carbocycles. The molecule has 2 unspecified atom stereocenters. The fourth-order valence-corrected chi connectivity index (χ4v) is 6.96. The molecule has 0 aliphatic rings. The van der Waals surface area contributed by atoms with Crippen LogP contribution >= 0.6 is 0 Å². The summed E-state index contributed by atoms with van der Waals surface area (Å²) in [6.07, 6.45) is 48.5. The molecule has 0 aromatic carbocycles. The van der Waals surface area contributed by atoms with E-state index < -0.39 is 0 Å². The van der Waals surface area contributed by atoms with E-state index in [4.69, 9.17) is 4.74 Å². The van der Waals surface area contributed by atoms with Crippen molar-refractivity contribution in [2.75, 3.05) is 13.2 Å². The minimum absolute atomic E-state index is 0.263. The van der Waals surface area contributed by atoms with Crippen LogP contribution in [0.15, 0.2) is 0 Å². The van der Waals surface area contributed by atoms with Crippen molar-refractivity contribution in [2.45, 2.75) is 257 Å². The van der Waals surface area contributed by atoms with Crippen LogP contribution in [0, 0.1) is 0 Å². The molecule has 272 valence electrons. The van der Waals surface area contributed by atoms with E-state index in [0.29, 0.717) is 0 Å². The van der Waals surface area contributed by atoms with Crippen molar-refractivity contribution in [3.8, 4) is 0 Å². The number of hydrogen-bond donors (Lipinski definition) is 2. The van der Waals surface area contributed by atoms with Crippen LogP contribution in [0.3, 0.4) is 0 Å². The third-order valence-corrected chi connectivity index (χ3v) is 10.0. The maximum atomic E-state index is 9.46. The van der Waals surface area contributed by atoms with Crippen LogP contribution < -0.4 is 0 Å². The van der Waals surface area contributed by atoms with Crippen molar-refractivity contribution in [1.82, 2.24) is 0 Å². The summed E-state index contributed by atoms with van der Waals surface area (Å²) in [6, 6.07) is 0. The topological polar surface area (TPSA) is 49.7 Å². The molecule has 3 heteroatoms. The molecule has 2 atom stereocenters. The lowest BCUT2D eigenvalue weighted by molar-refractivity contribution is -0.0349. The van der Waals surface area contributed by atoms with E-state index in [1.54, 1.807) is 0 Å². The van der Waals surface area contributed by atoms with Crippen LogP contribution in [0.4, 0.5) is 0 Å². The van der Waals surface area contributed by atoms with E-state index >= 15 is 0 Å². The first-order chi connectivity index (χ1) is 22.3. The van der Waals surface area contributed by atoms with Crippen molar-refractivity contribution < 1.29 is 14.9 Å². The smallest absolute Gasteiger partial charge is 0.0579 e. The SMILES string of the molecule is CCCCCCCCCCCCCCCCCC(CCCO)OC(CCCO)CCCCCCCCCCCCCCCCC. The van der Waals surface area contributed by atoms with Gasteiger partial charge in [-0.15, -0.1) is 0 Å². The molecule has 0 aliphatic heterocycles. The Kier molecular flexibility index (Phi) is 39.9. The third kappa shape index (κ3) is 36.6. The predicted octanol–water partition coefficient (Wildman–Crippen LogP) is 13.8. The number of aliphatic hydroxyl groups excluding tert-OH is 2. The van der Waals surface area contributed by atoms with Gasteiger partial charge >= 0.3 is 0 Å². The highest BCUT2D eigenvalue weighted by Crippen LogP contribution is 2.22. The summed E-state index contributed by atoms with van der Waals surface area (Å²) in [7, 11) is 0. The third-order valence-electron chi connectivity index (χ3n) is 10.0. The second kappa shape index (κ2) is 40.1. The molecule has 0 aromatic heterocycles. The van der Waals surface area contributed by atoms with E-state index in [1.165, 1.54) is 193 Å². The van der Waals surface area contributed by atoms with Gasteiger partial charge in [0.25, 0.3) is 0 Å². The van der Waals surface area contributed by atoms with Gasteiger partial charge in [0.1, 0.15) is 0 Å². The van der Waals surface area contributed by atoms with Crippen LogP contribution in [-0.4, -0.2) is 35.6 Å². The summed E-state index contributed by atoms with van der Waals surface area (Å²) in [6.45, 7) is 5.12. The van der Waals surface area contributed by atoms with Crippen molar-refractivity contribution in [2.24, 2.45) is 0 Å². The Balaban J connectivity index is 3.90. The molecule has 2 N–H and O–H groups in total. The van der Waals surface area contributed by atoms with Gasteiger partial charge < -0.3 is 14.9 Å². The summed E-state index contributed by atoms with van der Waals surface area (Å²) in [5.41, 5.74) is 0. The lowest BCUT2D eigenvalue weighted by atomic mass is 10.0. The Labute approximate surface area is 284 Å². The molecule has 0 aliphatic carbocycles. The molecule has 0 amide bonds. The first-order valence-corrected chi connectivity index (χ1v) is 21.2. The maximum Gasteiger partial charge on any atom is 0.0579 e. The Hall–Kier alpha value is -0.120. The van der Waals surface area contributed by atoms with Gasteiger partial charge in [-0.25, -0.2) is 0 Å². The molecule has 0 aromatic rings. The summed E-state index contributed by atoms with van der Waals surface area (Å²) in [5.74, 6) is 0. The average molecular weight is 639 g/mol. The van der Waals surface area contributed by atoms with Crippen molar-refractivity contribution >= 4 is 0 Å². The molecule has 0 heterocycles. The molecule has 0 bridgehead atoms. The van der Waals surface area contributed by atoms with Crippen LogP contribution in [0.25, 0.3) is 0 Å². The van der Waals surface area contributed by atoms with Crippen molar-refractivity contribution in [1.29, 1.82) is 0 Å². The number of rotatable bonds is 40. The quantitative estimate of drug-likeness (QED) is 0.0657. The van der Waals surface area contributed by atoms with E-state index in [1.807, 2.05) is 0 Å². The molecule has 0 radical (unpaired) electrons. The maximum absolute atomic E-state index is 9.46. The molecular weight excluding hydrogens is 552 g/mol. The molecule has 45 heavy (non-hydrogen) atoms. The van der Waals surface area contributed by atoms with E-state index in [-0.39, 0.29) is 25.4 Å². The highest BCUT2D eigenvalue weighted by Gasteiger charge is 2.16. The van der Waals surface area contributed by atoms with Crippen LogP contribution in [0.1, 0.15) is 245 Å². The highest BCUT2D eigenvalue weighted by atomic mass is 16.5. The zero-order valence-corrected chi connectivity index (χ0v) is 31.3. The molecule has 3 nitrogen and oxygen atoms in total. The van der Waals surface area contributed by atoms with Gasteiger partial charge in [-0.1, -0.05) is 206 Å². The lowest BCUT2D eigenvalue weighted by Gasteiger charge is -2.25. The predicted molar refractivity (Wildman–Crippen MR) is 200 cm³/mol. The molecule has 0 fully saturated rings. The summed E-state index contributed by atoms with van der Waals surface area (Å²) >= 11 is 0. The Morgan fingerprint density at radius 2 is 0.489 bits per heavy atom. The van der Waals surface area contributed by atoms with Gasteiger partial charge in [0.2, 0.25) is 0 Å². The van der Waals surface area contributed by atoms with Gasteiger partial charge in [-0.2, -0.15) is 0 Å². The summed E-state index contributed by atoms with van der Waals surface area (Å²) in [5, 5.41) is 18.9. The fourth-order valence-electron chi connectivity index (χ4n) is 6.96. The summed E-state index contributed by atoms with van der Waals surface area (Å²) < 4.78 is 6.67. The second-order valence-corrected chi connectivity index (χ2v) is 14.6. The average Bonchev–Trinajstić information content (AvgIpc) is 3.05. The number of ether oxygens (including phenoxy) is 1. The Morgan fingerprint density at radius 3 is 0.711 bits per heavy atom. The van der Waals surface area contributed by atoms with Gasteiger partial charge in [0.15, 0.2) is 0 Å². The van der Waals surface area contributed by atoms with Crippen molar-refractivity contribution in [3.05, 3.63) is 0 Å². The highest BCUT2D eigenvalue weighted by molar-refractivity contribution is 4.66. The van der Waals surface area contributed by atoms with Crippen LogP contribution in [-0.2, 0) is 4.74 Å². The minimum Gasteiger partial charge on any atom is -0.396 e. The molecule has 0 saturated heterocycles. The van der Waals surface area contributed by atoms with Gasteiger partial charge in [0.05, 0.1) is 12.2 Å². The molecule has 0 rings (SSSR count). The van der Waals surface area contributed by atoms with Gasteiger partial charge in [-0.3, -0.25) is 0 Å². The standard InChI is InChI=1S/C42H86O3/c1-3-5-7-9-11-13-15-17-19-21-23-25-27-29-31-35-41(37-33-39-43)45-42(38-34-40-44)36-32-30-28-26-24-22-20-18-16-14-12-10-8-6-4-2/h41-44H,3-40H2,1-2H3. The van der Waals surface area contributed by atoms with E-state index in [2.05, 4.69) is 13.8 Å². The molecule has 0 spiro atoms. The van der Waals surface area contributed by atoms with Crippen LogP contribution in [0.2, 0.25) is 0 Å². The number of hydrogen-bond acceptors (Lipinski definition) is 3. The number of aliphatic hydroxyl groups is 2.